The van der Waals surface area contributed by atoms with E-state index in [1.165, 1.54) is 12.8 Å². The normalized spacial score (nSPS) is 22.1. The van der Waals surface area contributed by atoms with Crippen molar-refractivity contribution in [2.24, 2.45) is 0 Å². The molecule has 0 spiro atoms. The molecule has 1 saturated carbocycles. The quantitative estimate of drug-likeness (QED) is 0.868. The topological polar surface area (TPSA) is 67.9 Å². The molecule has 0 N–H and O–H groups in total. The van der Waals surface area contributed by atoms with Crippen molar-refractivity contribution in [1.82, 2.24) is 20.1 Å². The summed E-state index contributed by atoms with van der Waals surface area (Å²) in [6.07, 6.45) is 4.67. The first-order chi connectivity index (χ1) is 10.7. The number of hydrogen-bond donors (Lipinski definition) is 0. The van der Waals surface area contributed by atoms with E-state index in [0.29, 0.717) is 17.7 Å². The lowest BCUT2D eigenvalue weighted by Gasteiger charge is -2.32. The van der Waals surface area contributed by atoms with Gasteiger partial charge in [-0.1, -0.05) is 5.16 Å². The van der Waals surface area contributed by atoms with Gasteiger partial charge in [0, 0.05) is 30.8 Å². The average Bonchev–Trinajstić information content (AvgIpc) is 3.29. The highest BCUT2D eigenvalue weighted by molar-refractivity contribution is 5.41. The summed E-state index contributed by atoms with van der Waals surface area (Å²) in [5, 5.41) is 3.92. The van der Waals surface area contributed by atoms with E-state index >= 15 is 0 Å². The minimum atomic E-state index is 0.301. The standard InChI is InChI=1S/C16H21N5O/c1-10-8-14(19-15(17-10)12-5-6-12)21-7-3-4-13(9-21)16-18-11(2)20-22-16/h8,12-13H,3-7,9H2,1-2H3/t13-/m0/s1. The SMILES string of the molecule is Cc1cc(N2CCC[C@H](c3nc(C)no3)C2)nc(C2CC2)n1. The second-order valence-corrected chi connectivity index (χ2v) is 6.46. The molecule has 0 radical (unpaired) electrons. The lowest BCUT2D eigenvalue weighted by molar-refractivity contribution is 0.331. The average molecular weight is 299 g/mol. The van der Waals surface area contributed by atoms with E-state index in [9.17, 15) is 0 Å². The molecule has 6 heteroatoms. The smallest absolute Gasteiger partial charge is 0.231 e. The first-order valence-electron chi connectivity index (χ1n) is 8.10. The van der Waals surface area contributed by atoms with Crippen LogP contribution in [0.3, 0.4) is 0 Å². The van der Waals surface area contributed by atoms with Crippen LogP contribution in [0, 0.1) is 13.8 Å². The van der Waals surface area contributed by atoms with Crippen LogP contribution in [-0.4, -0.2) is 33.2 Å². The number of rotatable bonds is 3. The molecule has 0 bridgehead atoms. The molecule has 6 nitrogen and oxygen atoms in total. The van der Waals surface area contributed by atoms with Gasteiger partial charge in [0.15, 0.2) is 5.82 Å². The zero-order valence-corrected chi connectivity index (χ0v) is 13.1. The van der Waals surface area contributed by atoms with Gasteiger partial charge in [0.05, 0.1) is 5.92 Å². The van der Waals surface area contributed by atoms with Crippen molar-refractivity contribution < 1.29 is 4.52 Å². The lowest BCUT2D eigenvalue weighted by Crippen LogP contribution is -2.35. The molecule has 0 aromatic carbocycles. The Morgan fingerprint density at radius 1 is 1.09 bits per heavy atom. The molecule has 2 aromatic rings. The highest BCUT2D eigenvalue weighted by atomic mass is 16.5. The summed E-state index contributed by atoms with van der Waals surface area (Å²) in [6, 6.07) is 2.09. The number of nitrogens with zero attached hydrogens (tertiary/aromatic N) is 5. The summed E-state index contributed by atoms with van der Waals surface area (Å²) in [5.74, 6) is 4.42. The van der Waals surface area contributed by atoms with E-state index < -0.39 is 0 Å². The Bertz CT molecular complexity index is 679. The summed E-state index contributed by atoms with van der Waals surface area (Å²) in [5.41, 5.74) is 1.06. The number of hydrogen-bond acceptors (Lipinski definition) is 6. The fraction of sp³-hybridized carbons (Fsp3) is 0.625. The van der Waals surface area contributed by atoms with Gasteiger partial charge in [0.1, 0.15) is 11.6 Å². The van der Waals surface area contributed by atoms with Crippen LogP contribution in [0.2, 0.25) is 0 Å². The van der Waals surface area contributed by atoms with Crippen molar-refractivity contribution in [2.45, 2.75) is 51.4 Å². The van der Waals surface area contributed by atoms with Gasteiger partial charge in [0.25, 0.3) is 0 Å². The van der Waals surface area contributed by atoms with Crippen LogP contribution in [0.15, 0.2) is 10.6 Å². The Morgan fingerprint density at radius 2 is 1.95 bits per heavy atom. The van der Waals surface area contributed by atoms with Gasteiger partial charge in [0.2, 0.25) is 5.89 Å². The van der Waals surface area contributed by atoms with E-state index in [1.807, 2.05) is 6.92 Å². The van der Waals surface area contributed by atoms with Crippen molar-refractivity contribution in [1.29, 1.82) is 0 Å². The first kappa shape index (κ1) is 13.7. The highest BCUT2D eigenvalue weighted by Crippen LogP contribution is 2.39. The summed E-state index contributed by atoms with van der Waals surface area (Å²) >= 11 is 0. The second-order valence-electron chi connectivity index (χ2n) is 6.46. The Balaban J connectivity index is 1.57. The van der Waals surface area contributed by atoms with Crippen LogP contribution < -0.4 is 4.90 Å². The van der Waals surface area contributed by atoms with Gasteiger partial charge in [-0.3, -0.25) is 0 Å². The zero-order valence-electron chi connectivity index (χ0n) is 13.1. The Kier molecular flexibility index (Phi) is 3.32. The van der Waals surface area contributed by atoms with Crippen molar-refractivity contribution in [2.75, 3.05) is 18.0 Å². The Hall–Kier alpha value is -1.98. The maximum absolute atomic E-state index is 5.36. The van der Waals surface area contributed by atoms with E-state index in [1.54, 1.807) is 0 Å². The third-order valence-electron chi connectivity index (χ3n) is 4.44. The predicted octanol–water partition coefficient (Wildman–Crippen LogP) is 2.74. The van der Waals surface area contributed by atoms with Crippen LogP contribution in [0.4, 0.5) is 5.82 Å². The maximum atomic E-state index is 5.36. The monoisotopic (exact) mass is 299 g/mol. The van der Waals surface area contributed by atoms with Gasteiger partial charge in [-0.25, -0.2) is 9.97 Å². The molecule has 2 aromatic heterocycles. The molecule has 22 heavy (non-hydrogen) atoms. The molecule has 116 valence electrons. The number of piperidine rings is 1. The van der Waals surface area contributed by atoms with E-state index in [2.05, 4.69) is 33.0 Å². The molecule has 0 amide bonds. The lowest BCUT2D eigenvalue weighted by atomic mass is 9.98. The van der Waals surface area contributed by atoms with Crippen LogP contribution >= 0.6 is 0 Å². The minimum Gasteiger partial charge on any atom is -0.356 e. The molecule has 2 aliphatic rings. The first-order valence-corrected chi connectivity index (χ1v) is 8.10. The van der Waals surface area contributed by atoms with Crippen molar-refractivity contribution in [3.8, 4) is 0 Å². The van der Waals surface area contributed by atoms with Crippen LogP contribution in [0.1, 0.15) is 60.8 Å². The van der Waals surface area contributed by atoms with E-state index in [-0.39, 0.29) is 0 Å². The molecule has 3 heterocycles. The third-order valence-corrected chi connectivity index (χ3v) is 4.44. The van der Waals surface area contributed by atoms with Crippen molar-refractivity contribution >= 4 is 5.82 Å². The summed E-state index contributed by atoms with van der Waals surface area (Å²) < 4.78 is 5.36. The Labute approximate surface area is 130 Å². The van der Waals surface area contributed by atoms with Crippen LogP contribution in [0.25, 0.3) is 0 Å². The molecule has 2 fully saturated rings. The molecule has 0 unspecified atom stereocenters. The molecule has 1 aliphatic heterocycles. The van der Waals surface area contributed by atoms with E-state index in [0.717, 1.165) is 49.2 Å². The molecule has 1 aliphatic carbocycles. The number of aryl methyl sites for hydroxylation is 2. The molecule has 1 saturated heterocycles. The fourth-order valence-corrected chi connectivity index (χ4v) is 3.13. The minimum absolute atomic E-state index is 0.301. The predicted molar refractivity (Wildman–Crippen MR) is 82.0 cm³/mol. The molecular formula is C16H21N5O. The summed E-state index contributed by atoms with van der Waals surface area (Å²) in [6.45, 7) is 5.84. The largest absolute Gasteiger partial charge is 0.356 e. The fourth-order valence-electron chi connectivity index (χ4n) is 3.13. The second kappa shape index (κ2) is 5.34. The summed E-state index contributed by atoms with van der Waals surface area (Å²) in [7, 11) is 0. The zero-order chi connectivity index (χ0) is 15.1. The third kappa shape index (κ3) is 2.69. The van der Waals surface area contributed by atoms with E-state index in [4.69, 9.17) is 9.51 Å². The molecule has 4 rings (SSSR count). The maximum Gasteiger partial charge on any atom is 0.231 e. The van der Waals surface area contributed by atoms with Gasteiger partial charge in [-0.15, -0.1) is 0 Å². The van der Waals surface area contributed by atoms with Crippen molar-refractivity contribution in [3.05, 3.63) is 29.3 Å². The number of anilines is 1. The van der Waals surface area contributed by atoms with Gasteiger partial charge < -0.3 is 9.42 Å². The van der Waals surface area contributed by atoms with Crippen LogP contribution in [0.5, 0.6) is 0 Å². The van der Waals surface area contributed by atoms with Gasteiger partial charge in [-0.05, 0) is 39.5 Å². The molecule has 1 atom stereocenters. The van der Waals surface area contributed by atoms with Crippen molar-refractivity contribution in [3.63, 3.8) is 0 Å². The highest BCUT2D eigenvalue weighted by Gasteiger charge is 2.30. The molecular weight excluding hydrogens is 278 g/mol. The van der Waals surface area contributed by atoms with Gasteiger partial charge in [-0.2, -0.15) is 4.98 Å². The van der Waals surface area contributed by atoms with Gasteiger partial charge >= 0.3 is 0 Å². The summed E-state index contributed by atoms with van der Waals surface area (Å²) in [4.78, 5) is 16.1. The number of aromatic nitrogens is 4. The van der Waals surface area contributed by atoms with Crippen LogP contribution in [-0.2, 0) is 0 Å². The Morgan fingerprint density at radius 3 is 2.68 bits per heavy atom.